The number of carbonyl (C=O) groups excluding carboxylic acids is 2. The third-order valence-electron chi connectivity index (χ3n) is 9.25. The number of nitrogens with one attached hydrogen (secondary N) is 1. The van der Waals surface area contributed by atoms with Gasteiger partial charge in [-0.3, -0.25) is 0 Å². The lowest BCUT2D eigenvalue weighted by Gasteiger charge is -2.42. The Labute approximate surface area is 276 Å². The first-order chi connectivity index (χ1) is 23.0. The van der Waals surface area contributed by atoms with Gasteiger partial charge in [-0.05, 0) is 48.5 Å². The van der Waals surface area contributed by atoms with Gasteiger partial charge in [0, 0.05) is 56.6 Å². The first kappa shape index (κ1) is 32.3. The molecule has 2 aliphatic rings. The molecule has 250 valence electrons. The van der Waals surface area contributed by atoms with E-state index in [4.69, 9.17) is 9.47 Å². The lowest BCUT2D eigenvalue weighted by molar-refractivity contribution is -0.0383. The summed E-state index contributed by atoms with van der Waals surface area (Å²) in [5.41, 5.74) is -0.288. The maximum absolute atomic E-state index is 13.3. The number of carbonyl (C=O) groups is 2. The number of anilines is 1. The Morgan fingerprint density at radius 1 is 0.625 bits per heavy atom. The van der Waals surface area contributed by atoms with Crippen LogP contribution in [0.5, 0.6) is 34.5 Å². The topological polar surface area (TPSA) is 189 Å². The van der Waals surface area contributed by atoms with E-state index < -0.39 is 57.5 Å². The van der Waals surface area contributed by atoms with Crippen LogP contribution in [-0.2, 0) is 20.7 Å². The van der Waals surface area contributed by atoms with E-state index in [1.54, 1.807) is 0 Å². The SMILES string of the molecule is O=C(OC1(c2ccccc2)CCN(c2ccc(C3(OC(=O)c4c(O)cc(O)cc4O)CCNCC3)cc2)CC1)c1ccc(O)c(O)c1O. The molecule has 7 N–H and O–H groups in total. The number of rotatable bonds is 7. The number of esters is 2. The van der Waals surface area contributed by atoms with Crippen molar-refractivity contribution in [2.75, 3.05) is 31.1 Å². The molecule has 2 fully saturated rings. The Hall–Kier alpha value is -5.62. The predicted molar refractivity (Wildman–Crippen MR) is 173 cm³/mol. The second-order valence-corrected chi connectivity index (χ2v) is 12.1. The zero-order chi connectivity index (χ0) is 34.1. The first-order valence-electron chi connectivity index (χ1n) is 15.6. The first-order valence-corrected chi connectivity index (χ1v) is 15.6. The van der Waals surface area contributed by atoms with Crippen LogP contribution in [0.2, 0.25) is 0 Å². The minimum Gasteiger partial charge on any atom is -0.508 e. The summed E-state index contributed by atoms with van der Waals surface area (Å²) in [5.74, 6) is -5.41. The van der Waals surface area contributed by atoms with Gasteiger partial charge in [-0.1, -0.05) is 42.5 Å². The van der Waals surface area contributed by atoms with E-state index >= 15 is 0 Å². The molecule has 6 rings (SSSR count). The normalized spacial score (nSPS) is 17.0. The summed E-state index contributed by atoms with van der Waals surface area (Å²) in [5, 5.41) is 63.4. The van der Waals surface area contributed by atoms with Gasteiger partial charge < -0.3 is 50.3 Å². The molecule has 0 aliphatic carbocycles. The van der Waals surface area contributed by atoms with Gasteiger partial charge in [-0.15, -0.1) is 0 Å². The monoisotopic (exact) mass is 656 g/mol. The molecule has 0 atom stereocenters. The van der Waals surface area contributed by atoms with Crippen LogP contribution in [-0.4, -0.2) is 68.8 Å². The minimum absolute atomic E-state index is 0.262. The molecule has 2 heterocycles. The van der Waals surface area contributed by atoms with Crippen molar-refractivity contribution in [2.45, 2.75) is 36.9 Å². The number of hydrogen-bond acceptors (Lipinski definition) is 12. The molecule has 0 amide bonds. The highest BCUT2D eigenvalue weighted by atomic mass is 16.6. The third-order valence-corrected chi connectivity index (χ3v) is 9.25. The van der Waals surface area contributed by atoms with Crippen molar-refractivity contribution in [2.24, 2.45) is 0 Å². The van der Waals surface area contributed by atoms with Crippen molar-refractivity contribution in [1.82, 2.24) is 5.32 Å². The standard InChI is InChI=1S/C36H36N2O10/c39-25-20-28(41)30(29(42)21-25)34(46)48-35(12-16-37-17-13-35)23-6-8-24(9-7-23)38-18-14-36(15-19-38,22-4-2-1-3-5-22)47-33(45)26-10-11-27(40)32(44)31(26)43/h1-11,20-21,37,39-44H,12-19H2. The van der Waals surface area contributed by atoms with Crippen molar-refractivity contribution < 1.29 is 49.7 Å². The highest BCUT2D eigenvalue weighted by Gasteiger charge is 2.42. The molecule has 0 radical (unpaired) electrons. The second-order valence-electron chi connectivity index (χ2n) is 12.1. The molecule has 48 heavy (non-hydrogen) atoms. The van der Waals surface area contributed by atoms with E-state index in [1.165, 1.54) is 6.07 Å². The second kappa shape index (κ2) is 12.9. The molecule has 4 aromatic rings. The smallest absolute Gasteiger partial charge is 0.346 e. The molecule has 2 saturated heterocycles. The molecular weight excluding hydrogens is 620 g/mol. The molecular formula is C36H36N2O10. The predicted octanol–water partition coefficient (Wildman–Crippen LogP) is 4.71. The quantitative estimate of drug-likeness (QED) is 0.107. The van der Waals surface area contributed by atoms with Crippen LogP contribution in [0.1, 0.15) is 57.5 Å². The summed E-state index contributed by atoms with van der Waals surface area (Å²) < 4.78 is 12.1. The summed E-state index contributed by atoms with van der Waals surface area (Å²) in [6.45, 7) is 2.18. The molecule has 12 heteroatoms. The van der Waals surface area contributed by atoms with Crippen LogP contribution in [0.3, 0.4) is 0 Å². The average Bonchev–Trinajstić information content (AvgIpc) is 3.08. The van der Waals surface area contributed by atoms with Gasteiger partial charge >= 0.3 is 11.9 Å². The van der Waals surface area contributed by atoms with Crippen LogP contribution in [0, 0.1) is 0 Å². The third kappa shape index (κ3) is 6.09. The molecule has 0 bridgehead atoms. The van der Waals surface area contributed by atoms with Gasteiger partial charge in [-0.25, -0.2) is 9.59 Å². The summed E-state index contributed by atoms with van der Waals surface area (Å²) in [6, 6.07) is 21.2. The van der Waals surface area contributed by atoms with Crippen molar-refractivity contribution >= 4 is 17.6 Å². The van der Waals surface area contributed by atoms with Gasteiger partial charge in [0.05, 0.1) is 0 Å². The Balaban J connectivity index is 1.21. The van der Waals surface area contributed by atoms with Gasteiger partial charge in [0.25, 0.3) is 0 Å². The van der Waals surface area contributed by atoms with Crippen molar-refractivity contribution in [3.05, 3.63) is 101 Å². The lowest BCUT2D eigenvalue weighted by Crippen LogP contribution is -2.45. The Morgan fingerprint density at radius 2 is 1.19 bits per heavy atom. The van der Waals surface area contributed by atoms with Gasteiger partial charge in [0.15, 0.2) is 11.5 Å². The number of piperidine rings is 2. The van der Waals surface area contributed by atoms with Crippen molar-refractivity contribution in [1.29, 1.82) is 0 Å². The number of aromatic hydroxyl groups is 6. The lowest BCUT2D eigenvalue weighted by atomic mass is 9.83. The molecule has 0 saturated carbocycles. The van der Waals surface area contributed by atoms with Gasteiger partial charge in [0.1, 0.15) is 39.6 Å². The fraction of sp³-hybridized carbons (Fsp3) is 0.278. The minimum atomic E-state index is -1.02. The molecule has 0 spiro atoms. The van der Waals surface area contributed by atoms with Crippen molar-refractivity contribution in [3.63, 3.8) is 0 Å². The molecule has 0 aromatic heterocycles. The molecule has 2 aliphatic heterocycles. The van der Waals surface area contributed by atoms with Crippen LogP contribution in [0.25, 0.3) is 0 Å². The maximum Gasteiger partial charge on any atom is 0.346 e. The number of ether oxygens (including phenoxy) is 2. The van der Waals surface area contributed by atoms with Crippen LogP contribution in [0.15, 0.2) is 78.9 Å². The number of phenolic OH excluding ortho intramolecular Hbond substituents is 6. The van der Waals surface area contributed by atoms with E-state index in [2.05, 4.69) is 10.2 Å². The highest BCUT2D eigenvalue weighted by molar-refractivity contribution is 5.96. The fourth-order valence-electron chi connectivity index (χ4n) is 6.58. The van der Waals surface area contributed by atoms with Gasteiger partial charge in [-0.2, -0.15) is 0 Å². The summed E-state index contributed by atoms with van der Waals surface area (Å²) >= 11 is 0. The van der Waals surface area contributed by atoms with E-state index in [-0.39, 0.29) is 11.3 Å². The maximum atomic E-state index is 13.3. The number of hydrogen-bond donors (Lipinski definition) is 7. The highest BCUT2D eigenvalue weighted by Crippen LogP contribution is 2.43. The van der Waals surface area contributed by atoms with E-state index in [9.17, 15) is 40.2 Å². The Kier molecular flexibility index (Phi) is 8.67. The Morgan fingerprint density at radius 3 is 1.81 bits per heavy atom. The number of nitrogens with zero attached hydrogens (tertiary/aromatic N) is 1. The number of phenols is 6. The van der Waals surface area contributed by atoms with E-state index in [1.807, 2.05) is 54.6 Å². The summed E-state index contributed by atoms with van der Waals surface area (Å²) in [6.07, 6.45) is 1.76. The van der Waals surface area contributed by atoms with Crippen molar-refractivity contribution in [3.8, 4) is 34.5 Å². The number of benzene rings is 4. The fourth-order valence-corrected chi connectivity index (χ4v) is 6.58. The summed E-state index contributed by atoms with van der Waals surface area (Å²) in [4.78, 5) is 28.7. The Bertz CT molecular complexity index is 1790. The van der Waals surface area contributed by atoms with E-state index in [0.29, 0.717) is 51.9 Å². The van der Waals surface area contributed by atoms with Crippen LogP contribution in [0.4, 0.5) is 5.69 Å². The molecule has 12 nitrogen and oxygen atoms in total. The van der Waals surface area contributed by atoms with Gasteiger partial charge in [0.2, 0.25) is 5.75 Å². The summed E-state index contributed by atoms with van der Waals surface area (Å²) in [7, 11) is 0. The van der Waals surface area contributed by atoms with E-state index in [0.717, 1.165) is 35.0 Å². The molecule has 0 unspecified atom stereocenters. The zero-order valence-corrected chi connectivity index (χ0v) is 25.9. The van der Waals surface area contributed by atoms with Crippen LogP contribution < -0.4 is 10.2 Å². The average molecular weight is 657 g/mol. The largest absolute Gasteiger partial charge is 0.508 e. The zero-order valence-electron chi connectivity index (χ0n) is 25.9. The molecule has 4 aromatic carbocycles. The van der Waals surface area contributed by atoms with Crippen LogP contribution >= 0.6 is 0 Å².